The lowest BCUT2D eigenvalue weighted by molar-refractivity contribution is -0.122. The number of sulfonamides is 1. The van der Waals surface area contributed by atoms with Gasteiger partial charge >= 0.3 is 0 Å². The summed E-state index contributed by atoms with van der Waals surface area (Å²) in [6.45, 7) is 3.84. The first-order valence-corrected chi connectivity index (χ1v) is 8.33. The van der Waals surface area contributed by atoms with Gasteiger partial charge in [-0.2, -0.15) is 0 Å². The fraction of sp³-hybridized carbons (Fsp3) is 0.500. The third kappa shape index (κ3) is 3.36. The van der Waals surface area contributed by atoms with Crippen LogP contribution in [0, 0.1) is 0 Å². The maximum absolute atomic E-state index is 12.0. The SMILES string of the molecule is COCC(=O)N1CCc2ccc(NS(=O)(=O)C(C)C)cc21. The molecule has 1 N–H and O–H groups in total. The van der Waals surface area contributed by atoms with E-state index in [2.05, 4.69) is 4.72 Å². The normalized spacial score (nSPS) is 14.4. The molecule has 7 heteroatoms. The molecule has 0 aromatic heterocycles. The van der Waals surface area contributed by atoms with Gasteiger partial charge in [0.25, 0.3) is 5.91 Å². The van der Waals surface area contributed by atoms with Gasteiger partial charge in [-0.05, 0) is 38.0 Å². The molecule has 0 atom stereocenters. The molecule has 0 fully saturated rings. The molecule has 2 rings (SSSR count). The molecule has 1 aromatic carbocycles. The Morgan fingerprint density at radius 2 is 2.14 bits per heavy atom. The summed E-state index contributed by atoms with van der Waals surface area (Å²) >= 11 is 0. The molecule has 1 aliphatic rings. The second kappa shape index (κ2) is 6.03. The molecule has 0 saturated carbocycles. The number of anilines is 2. The molecule has 116 valence electrons. The third-order valence-electron chi connectivity index (χ3n) is 3.43. The van der Waals surface area contributed by atoms with E-state index < -0.39 is 15.3 Å². The number of fused-ring (bicyclic) bond motifs is 1. The average Bonchev–Trinajstić information content (AvgIpc) is 2.81. The summed E-state index contributed by atoms with van der Waals surface area (Å²) in [4.78, 5) is 13.6. The Hall–Kier alpha value is -1.60. The molecule has 1 amide bonds. The van der Waals surface area contributed by atoms with Crippen LogP contribution in [0.4, 0.5) is 11.4 Å². The molecule has 0 bridgehead atoms. The van der Waals surface area contributed by atoms with Crippen molar-refractivity contribution in [3.8, 4) is 0 Å². The van der Waals surface area contributed by atoms with E-state index in [9.17, 15) is 13.2 Å². The summed E-state index contributed by atoms with van der Waals surface area (Å²) in [6, 6.07) is 5.28. The van der Waals surface area contributed by atoms with Gasteiger partial charge in [-0.1, -0.05) is 6.07 Å². The van der Waals surface area contributed by atoms with Gasteiger partial charge in [0, 0.05) is 19.3 Å². The van der Waals surface area contributed by atoms with Crippen molar-refractivity contribution in [2.24, 2.45) is 0 Å². The summed E-state index contributed by atoms with van der Waals surface area (Å²) in [5, 5.41) is -0.517. The van der Waals surface area contributed by atoms with Crippen molar-refractivity contribution in [1.29, 1.82) is 0 Å². The van der Waals surface area contributed by atoms with Crippen LogP contribution in [0.2, 0.25) is 0 Å². The van der Waals surface area contributed by atoms with Crippen LogP contribution in [-0.4, -0.2) is 39.8 Å². The molecular formula is C14H20N2O4S. The number of amides is 1. The average molecular weight is 312 g/mol. The van der Waals surface area contributed by atoms with Crippen LogP contribution < -0.4 is 9.62 Å². The van der Waals surface area contributed by atoms with E-state index in [0.29, 0.717) is 12.2 Å². The number of benzene rings is 1. The van der Waals surface area contributed by atoms with Crippen LogP contribution in [0.15, 0.2) is 18.2 Å². The molecule has 0 unspecified atom stereocenters. The highest BCUT2D eigenvalue weighted by Gasteiger charge is 2.25. The molecule has 0 radical (unpaired) electrons. The van der Waals surface area contributed by atoms with Gasteiger partial charge in [-0.15, -0.1) is 0 Å². The predicted octanol–water partition coefficient (Wildman–Crippen LogP) is 1.37. The maximum atomic E-state index is 12.0. The van der Waals surface area contributed by atoms with Crippen LogP contribution in [0.1, 0.15) is 19.4 Å². The fourth-order valence-corrected chi connectivity index (χ4v) is 2.88. The molecule has 0 saturated heterocycles. The first kappa shape index (κ1) is 15.8. The van der Waals surface area contributed by atoms with Crippen LogP contribution >= 0.6 is 0 Å². The van der Waals surface area contributed by atoms with Crippen LogP contribution in [0.3, 0.4) is 0 Å². The summed E-state index contributed by atoms with van der Waals surface area (Å²) in [5.41, 5.74) is 2.26. The van der Waals surface area contributed by atoms with E-state index in [1.807, 2.05) is 6.07 Å². The smallest absolute Gasteiger partial charge is 0.252 e. The Bertz CT molecular complexity index is 640. The van der Waals surface area contributed by atoms with Crippen molar-refractivity contribution in [3.05, 3.63) is 23.8 Å². The molecule has 6 nitrogen and oxygen atoms in total. The monoisotopic (exact) mass is 312 g/mol. The van der Waals surface area contributed by atoms with E-state index in [-0.39, 0.29) is 12.5 Å². The van der Waals surface area contributed by atoms with Gasteiger partial charge in [0.1, 0.15) is 6.61 Å². The van der Waals surface area contributed by atoms with Gasteiger partial charge in [-0.25, -0.2) is 8.42 Å². The number of methoxy groups -OCH3 is 1. The molecular weight excluding hydrogens is 292 g/mol. The van der Waals surface area contributed by atoms with Gasteiger partial charge in [0.2, 0.25) is 10.0 Å². The lowest BCUT2D eigenvalue weighted by atomic mass is 10.1. The highest BCUT2D eigenvalue weighted by molar-refractivity contribution is 7.93. The van der Waals surface area contributed by atoms with Crippen LogP contribution in [-0.2, 0) is 26.0 Å². The summed E-state index contributed by atoms with van der Waals surface area (Å²) in [6.07, 6.45) is 0.766. The summed E-state index contributed by atoms with van der Waals surface area (Å²) in [5.74, 6) is -0.125. The minimum Gasteiger partial charge on any atom is -0.375 e. The highest BCUT2D eigenvalue weighted by atomic mass is 32.2. The van der Waals surface area contributed by atoms with Crippen molar-refractivity contribution < 1.29 is 17.9 Å². The predicted molar refractivity (Wildman–Crippen MR) is 82.1 cm³/mol. The molecule has 0 aliphatic carbocycles. The zero-order valence-electron chi connectivity index (χ0n) is 12.4. The van der Waals surface area contributed by atoms with Crippen LogP contribution in [0.25, 0.3) is 0 Å². The van der Waals surface area contributed by atoms with E-state index >= 15 is 0 Å². The van der Waals surface area contributed by atoms with Crippen molar-refractivity contribution in [1.82, 2.24) is 0 Å². The van der Waals surface area contributed by atoms with E-state index in [4.69, 9.17) is 4.74 Å². The number of rotatable bonds is 5. The van der Waals surface area contributed by atoms with Crippen LogP contribution in [0.5, 0.6) is 0 Å². The van der Waals surface area contributed by atoms with Crippen molar-refractivity contribution in [2.45, 2.75) is 25.5 Å². The van der Waals surface area contributed by atoms with Crippen molar-refractivity contribution >= 4 is 27.3 Å². The Balaban J connectivity index is 2.26. The summed E-state index contributed by atoms with van der Waals surface area (Å²) < 4.78 is 31.2. The first-order valence-electron chi connectivity index (χ1n) is 6.79. The van der Waals surface area contributed by atoms with Gasteiger partial charge in [0.05, 0.1) is 10.9 Å². The number of carbonyl (C=O) groups is 1. The van der Waals surface area contributed by atoms with E-state index in [1.165, 1.54) is 7.11 Å². The Labute approximate surface area is 125 Å². The zero-order valence-corrected chi connectivity index (χ0v) is 13.2. The lowest BCUT2D eigenvalue weighted by Gasteiger charge is -2.18. The lowest BCUT2D eigenvalue weighted by Crippen LogP contribution is -2.32. The Morgan fingerprint density at radius 1 is 1.43 bits per heavy atom. The number of nitrogens with one attached hydrogen (secondary N) is 1. The van der Waals surface area contributed by atoms with E-state index in [0.717, 1.165) is 17.7 Å². The number of hydrogen-bond donors (Lipinski definition) is 1. The third-order valence-corrected chi connectivity index (χ3v) is 5.19. The topological polar surface area (TPSA) is 75.7 Å². The second-order valence-electron chi connectivity index (χ2n) is 5.27. The fourth-order valence-electron chi connectivity index (χ4n) is 2.19. The van der Waals surface area contributed by atoms with Gasteiger partial charge in [0.15, 0.2) is 0 Å². The minimum absolute atomic E-state index is 0.0153. The Kier molecular flexibility index (Phi) is 4.53. The quantitative estimate of drug-likeness (QED) is 0.891. The summed E-state index contributed by atoms with van der Waals surface area (Å²) in [7, 11) is -1.92. The highest BCUT2D eigenvalue weighted by Crippen LogP contribution is 2.31. The molecule has 1 aliphatic heterocycles. The number of nitrogens with zero attached hydrogens (tertiary/aromatic N) is 1. The zero-order chi connectivity index (χ0) is 15.6. The number of hydrogen-bond acceptors (Lipinski definition) is 4. The minimum atomic E-state index is -3.39. The van der Waals surface area contributed by atoms with Crippen molar-refractivity contribution in [3.63, 3.8) is 0 Å². The molecule has 21 heavy (non-hydrogen) atoms. The number of carbonyl (C=O) groups excluding carboxylic acids is 1. The second-order valence-corrected chi connectivity index (χ2v) is 7.50. The molecule has 1 aromatic rings. The first-order chi connectivity index (χ1) is 9.85. The largest absolute Gasteiger partial charge is 0.375 e. The van der Waals surface area contributed by atoms with Gasteiger partial charge in [-0.3, -0.25) is 9.52 Å². The molecule has 0 spiro atoms. The standard InChI is InChI=1S/C14H20N2O4S/c1-10(2)21(18,19)15-12-5-4-11-6-7-16(13(11)8-12)14(17)9-20-3/h4-5,8,10,15H,6-7,9H2,1-3H3. The maximum Gasteiger partial charge on any atom is 0.252 e. The molecule has 1 heterocycles. The Morgan fingerprint density at radius 3 is 2.76 bits per heavy atom. The van der Waals surface area contributed by atoms with Crippen molar-refractivity contribution in [2.75, 3.05) is 29.9 Å². The number of ether oxygens (including phenoxy) is 1. The van der Waals surface area contributed by atoms with E-state index in [1.54, 1.807) is 30.9 Å². The van der Waals surface area contributed by atoms with Gasteiger partial charge < -0.3 is 9.64 Å².